The van der Waals surface area contributed by atoms with Crippen molar-refractivity contribution in [3.63, 3.8) is 0 Å². The lowest BCUT2D eigenvalue weighted by Crippen LogP contribution is -2.45. The van der Waals surface area contributed by atoms with E-state index in [1.54, 1.807) is 6.08 Å². The average Bonchev–Trinajstić information content (AvgIpc) is 3.19. The van der Waals surface area contributed by atoms with E-state index in [9.17, 15) is 19.4 Å². The van der Waals surface area contributed by atoms with Crippen LogP contribution in [0.5, 0.6) is 0 Å². The predicted molar refractivity (Wildman–Crippen MR) is 252 cm³/mol. The molecule has 3 unspecified atom stereocenters. The highest BCUT2D eigenvalue weighted by atomic mass is 31.2. The quantitative estimate of drug-likeness (QED) is 0.0273. The van der Waals surface area contributed by atoms with Gasteiger partial charge >= 0.3 is 0 Å². The number of phosphoric ester groups is 1. The zero-order valence-corrected chi connectivity index (χ0v) is 40.9. The number of hydrogen-bond donors (Lipinski definition) is 2. The van der Waals surface area contributed by atoms with Crippen molar-refractivity contribution in [3.05, 3.63) is 12.2 Å². The Balaban J connectivity index is 3.85. The van der Waals surface area contributed by atoms with Gasteiger partial charge in [0.1, 0.15) is 13.2 Å². The van der Waals surface area contributed by atoms with Crippen LogP contribution < -0.4 is 10.2 Å². The first kappa shape index (κ1) is 58.2. The van der Waals surface area contributed by atoms with Crippen LogP contribution in [0.15, 0.2) is 12.2 Å². The maximum Gasteiger partial charge on any atom is 0.268 e. The fraction of sp³-hybridized carbons (Fsp3) is 0.940. The maximum absolute atomic E-state index is 12.6. The van der Waals surface area contributed by atoms with E-state index in [-0.39, 0.29) is 19.1 Å². The Hall–Kier alpha value is -0.760. The van der Waals surface area contributed by atoms with Crippen LogP contribution in [0, 0.1) is 0 Å². The molecule has 0 aliphatic rings. The molecule has 2 N–H and O–H groups in total. The largest absolute Gasteiger partial charge is 0.756 e. The van der Waals surface area contributed by atoms with Gasteiger partial charge in [-0.3, -0.25) is 9.36 Å². The number of quaternary nitrogens is 1. The zero-order chi connectivity index (χ0) is 43.6. The summed E-state index contributed by atoms with van der Waals surface area (Å²) in [4.78, 5) is 25.0. The molecule has 0 aromatic carbocycles. The number of rotatable bonds is 47. The molecule has 0 bridgehead atoms. The molecule has 59 heavy (non-hydrogen) atoms. The minimum absolute atomic E-state index is 0.00121. The van der Waals surface area contributed by atoms with Crippen molar-refractivity contribution >= 4 is 13.7 Å². The summed E-state index contributed by atoms with van der Waals surface area (Å²) in [6, 6.07) is -0.878. The Bertz CT molecular complexity index is 974. The number of aliphatic hydroxyl groups is 1. The van der Waals surface area contributed by atoms with Crippen LogP contribution >= 0.6 is 7.82 Å². The van der Waals surface area contributed by atoms with Gasteiger partial charge in [0.25, 0.3) is 7.82 Å². The Morgan fingerprint density at radius 2 is 0.915 bits per heavy atom. The summed E-state index contributed by atoms with van der Waals surface area (Å²) >= 11 is 0. The van der Waals surface area contributed by atoms with Gasteiger partial charge in [-0.15, -0.1) is 0 Å². The highest BCUT2D eigenvalue weighted by Gasteiger charge is 2.23. The summed E-state index contributed by atoms with van der Waals surface area (Å²) in [6.07, 6.45) is 50.6. The van der Waals surface area contributed by atoms with Crippen molar-refractivity contribution in [1.29, 1.82) is 0 Å². The van der Waals surface area contributed by atoms with E-state index in [1.165, 1.54) is 180 Å². The third kappa shape index (κ3) is 45.1. The lowest BCUT2D eigenvalue weighted by atomic mass is 10.0. The van der Waals surface area contributed by atoms with Crippen LogP contribution in [0.2, 0.25) is 0 Å². The van der Waals surface area contributed by atoms with E-state index in [4.69, 9.17) is 9.05 Å². The van der Waals surface area contributed by atoms with Gasteiger partial charge in [0, 0.05) is 6.42 Å². The van der Waals surface area contributed by atoms with E-state index < -0.39 is 20.0 Å². The molecule has 0 aliphatic carbocycles. The number of phosphoric acid groups is 1. The van der Waals surface area contributed by atoms with E-state index >= 15 is 0 Å². The molecule has 0 saturated heterocycles. The van der Waals surface area contributed by atoms with Crippen LogP contribution in [0.25, 0.3) is 0 Å². The topological polar surface area (TPSA) is 108 Å². The zero-order valence-electron chi connectivity index (χ0n) is 40.0. The van der Waals surface area contributed by atoms with E-state index in [1.807, 2.05) is 27.2 Å². The summed E-state index contributed by atoms with van der Waals surface area (Å²) < 4.78 is 23.1. The molecule has 0 spiro atoms. The molecule has 352 valence electrons. The molecule has 0 aromatic heterocycles. The van der Waals surface area contributed by atoms with E-state index in [0.717, 1.165) is 51.4 Å². The fourth-order valence-electron chi connectivity index (χ4n) is 7.68. The second-order valence-electron chi connectivity index (χ2n) is 18.9. The van der Waals surface area contributed by atoms with Crippen molar-refractivity contribution in [2.75, 3.05) is 40.9 Å². The number of hydrogen-bond acceptors (Lipinski definition) is 6. The van der Waals surface area contributed by atoms with Crippen molar-refractivity contribution in [3.8, 4) is 0 Å². The fourth-order valence-corrected chi connectivity index (χ4v) is 8.41. The van der Waals surface area contributed by atoms with Crippen LogP contribution in [0.4, 0.5) is 0 Å². The second kappa shape index (κ2) is 42.5. The minimum Gasteiger partial charge on any atom is -0.756 e. The SMILES string of the molecule is CCCCCCCCCCCCCCCCCCCCCCCCCCCCCCCC/C=C/C(O)C(COP(=O)([O-])OCC[N+](C)(C)C)NC(=O)CCCCCCC. The van der Waals surface area contributed by atoms with Gasteiger partial charge < -0.3 is 28.8 Å². The molecular formula is C50H101N2O6P. The lowest BCUT2D eigenvalue weighted by molar-refractivity contribution is -0.870. The Labute approximate surface area is 367 Å². The second-order valence-corrected chi connectivity index (χ2v) is 20.3. The van der Waals surface area contributed by atoms with Gasteiger partial charge in [0.2, 0.25) is 5.91 Å². The molecular weight excluding hydrogens is 756 g/mol. The summed E-state index contributed by atoms with van der Waals surface area (Å²) in [5, 5.41) is 13.7. The number of nitrogens with zero attached hydrogens (tertiary/aromatic N) is 1. The smallest absolute Gasteiger partial charge is 0.268 e. The molecule has 9 heteroatoms. The molecule has 0 heterocycles. The summed E-state index contributed by atoms with van der Waals surface area (Å²) in [7, 11) is 1.27. The molecule has 0 rings (SSSR count). The summed E-state index contributed by atoms with van der Waals surface area (Å²) in [6.45, 7) is 4.57. The third-order valence-electron chi connectivity index (χ3n) is 11.7. The average molecular weight is 857 g/mol. The first-order valence-corrected chi connectivity index (χ1v) is 27.0. The van der Waals surface area contributed by atoms with Gasteiger partial charge in [-0.05, 0) is 19.3 Å². The number of carbonyl (C=O) groups is 1. The standard InChI is InChI=1S/C50H101N2O6P/c1-6-8-10-12-13-14-15-16-17-18-19-20-21-22-23-24-25-26-27-28-29-30-31-32-33-34-35-36-37-38-40-41-43-49(53)48(51-50(54)44-42-39-11-9-7-2)47-58-59(55,56)57-46-45-52(3,4)5/h41,43,48-49,53H,6-40,42,44-47H2,1-5H3,(H-,51,54,55,56)/b43-41+. The number of carbonyl (C=O) groups excluding carboxylic acids is 1. The third-order valence-corrected chi connectivity index (χ3v) is 12.7. The van der Waals surface area contributed by atoms with Crippen LogP contribution in [-0.2, 0) is 18.4 Å². The minimum atomic E-state index is -4.57. The predicted octanol–water partition coefficient (Wildman–Crippen LogP) is 14.1. The van der Waals surface area contributed by atoms with Gasteiger partial charge in [-0.1, -0.05) is 238 Å². The molecule has 3 atom stereocenters. The van der Waals surface area contributed by atoms with Gasteiger partial charge in [-0.25, -0.2) is 0 Å². The normalized spacial score (nSPS) is 14.2. The monoisotopic (exact) mass is 857 g/mol. The maximum atomic E-state index is 12.6. The Morgan fingerprint density at radius 3 is 1.27 bits per heavy atom. The molecule has 0 fully saturated rings. The summed E-state index contributed by atoms with van der Waals surface area (Å²) in [5.74, 6) is -0.208. The van der Waals surface area contributed by atoms with Gasteiger partial charge in [-0.2, -0.15) is 0 Å². The van der Waals surface area contributed by atoms with Crippen molar-refractivity contribution < 1.29 is 32.9 Å². The summed E-state index contributed by atoms with van der Waals surface area (Å²) in [5.41, 5.74) is 0. The van der Waals surface area contributed by atoms with Crippen LogP contribution in [-0.4, -0.2) is 68.5 Å². The van der Waals surface area contributed by atoms with E-state index in [0.29, 0.717) is 17.4 Å². The van der Waals surface area contributed by atoms with Crippen LogP contribution in [0.1, 0.15) is 251 Å². The van der Waals surface area contributed by atoms with Crippen molar-refractivity contribution in [1.82, 2.24) is 5.32 Å². The molecule has 0 radical (unpaired) electrons. The van der Waals surface area contributed by atoms with E-state index in [2.05, 4.69) is 19.2 Å². The first-order valence-electron chi connectivity index (χ1n) is 25.6. The number of nitrogens with one attached hydrogen (secondary N) is 1. The number of aliphatic hydroxyl groups excluding tert-OH is 1. The molecule has 1 amide bonds. The highest BCUT2D eigenvalue weighted by molar-refractivity contribution is 7.45. The lowest BCUT2D eigenvalue weighted by Gasteiger charge is -2.29. The van der Waals surface area contributed by atoms with Crippen LogP contribution in [0.3, 0.4) is 0 Å². The molecule has 0 aliphatic heterocycles. The molecule has 0 saturated carbocycles. The highest BCUT2D eigenvalue weighted by Crippen LogP contribution is 2.38. The number of allylic oxidation sites excluding steroid dienone is 1. The Kier molecular flexibility index (Phi) is 42.0. The Morgan fingerprint density at radius 1 is 0.576 bits per heavy atom. The molecule has 0 aromatic rings. The van der Waals surface area contributed by atoms with Crippen molar-refractivity contribution in [2.24, 2.45) is 0 Å². The van der Waals surface area contributed by atoms with Crippen molar-refractivity contribution in [2.45, 2.75) is 264 Å². The number of unbranched alkanes of at least 4 members (excludes halogenated alkanes) is 34. The number of likely N-dealkylation sites (N-methyl/N-ethyl adjacent to an activating group) is 1. The first-order chi connectivity index (χ1) is 28.5. The molecule has 8 nitrogen and oxygen atoms in total. The van der Waals surface area contributed by atoms with Gasteiger partial charge in [0.05, 0.1) is 39.9 Å². The number of amides is 1. The van der Waals surface area contributed by atoms with Gasteiger partial charge in [0.15, 0.2) is 0 Å².